The maximum atomic E-state index is 12.6. The maximum absolute atomic E-state index is 12.6. The van der Waals surface area contributed by atoms with Crippen molar-refractivity contribution in [3.63, 3.8) is 0 Å². The topological polar surface area (TPSA) is 51.1 Å². The van der Waals surface area contributed by atoms with E-state index in [1.807, 2.05) is 49.4 Å². The molecular formula is C18H17BrN2O2S. The van der Waals surface area contributed by atoms with Crippen LogP contribution < -0.4 is 10.9 Å². The third-order valence-electron chi connectivity index (χ3n) is 3.90. The van der Waals surface area contributed by atoms with E-state index in [1.54, 1.807) is 10.0 Å². The average molecular weight is 405 g/mol. The van der Waals surface area contributed by atoms with Crippen LogP contribution in [0.25, 0.3) is 10.1 Å². The second-order valence-corrected chi connectivity index (χ2v) is 7.32. The Hall–Kier alpha value is -1.92. The number of fused-ring (bicyclic) bond motifs is 1. The summed E-state index contributed by atoms with van der Waals surface area (Å²) in [5.41, 5.74) is 0.905. The molecule has 2 aromatic carbocycles. The molecule has 124 valence electrons. The summed E-state index contributed by atoms with van der Waals surface area (Å²) in [5, 5.41) is 3.61. The molecule has 0 saturated carbocycles. The molecule has 0 bridgehead atoms. The minimum atomic E-state index is -0.489. The van der Waals surface area contributed by atoms with Crippen LogP contribution in [0.4, 0.5) is 0 Å². The number of nitrogens with zero attached hydrogens (tertiary/aromatic N) is 1. The molecule has 24 heavy (non-hydrogen) atoms. The van der Waals surface area contributed by atoms with Crippen molar-refractivity contribution in [3.05, 3.63) is 68.9 Å². The highest BCUT2D eigenvalue weighted by atomic mass is 79.9. The van der Waals surface area contributed by atoms with E-state index in [0.717, 1.165) is 14.7 Å². The molecule has 1 N–H and O–H groups in total. The third kappa shape index (κ3) is 3.30. The fourth-order valence-corrected chi connectivity index (χ4v) is 4.18. The highest BCUT2D eigenvalue weighted by Crippen LogP contribution is 2.22. The van der Waals surface area contributed by atoms with E-state index in [9.17, 15) is 9.59 Å². The molecule has 1 unspecified atom stereocenters. The highest BCUT2D eigenvalue weighted by Gasteiger charge is 2.22. The van der Waals surface area contributed by atoms with Crippen molar-refractivity contribution in [1.82, 2.24) is 9.27 Å². The monoisotopic (exact) mass is 404 g/mol. The van der Waals surface area contributed by atoms with E-state index in [-0.39, 0.29) is 11.5 Å². The molecule has 3 rings (SSSR count). The quantitative estimate of drug-likeness (QED) is 0.695. The summed E-state index contributed by atoms with van der Waals surface area (Å²) in [7, 11) is 0. The SMILES string of the molecule is CCC(C(=O)NCc1ccccc1Br)n1sc2ccccc2c1=O. The van der Waals surface area contributed by atoms with Crippen LogP contribution in [-0.2, 0) is 11.3 Å². The number of hydrogen-bond acceptors (Lipinski definition) is 3. The summed E-state index contributed by atoms with van der Waals surface area (Å²) in [6.45, 7) is 2.34. The number of rotatable bonds is 5. The number of carbonyl (C=O) groups is 1. The van der Waals surface area contributed by atoms with E-state index in [1.165, 1.54) is 11.5 Å². The Balaban J connectivity index is 1.82. The van der Waals surface area contributed by atoms with Crippen molar-refractivity contribution in [2.75, 3.05) is 0 Å². The van der Waals surface area contributed by atoms with E-state index >= 15 is 0 Å². The van der Waals surface area contributed by atoms with Gasteiger partial charge in [-0.1, -0.05) is 64.7 Å². The van der Waals surface area contributed by atoms with Gasteiger partial charge in [-0.2, -0.15) is 0 Å². The second kappa shape index (κ2) is 7.32. The summed E-state index contributed by atoms with van der Waals surface area (Å²) in [6.07, 6.45) is 0.564. The summed E-state index contributed by atoms with van der Waals surface area (Å²) in [4.78, 5) is 25.2. The van der Waals surface area contributed by atoms with Crippen LogP contribution in [0.2, 0.25) is 0 Å². The molecule has 0 aliphatic carbocycles. The van der Waals surface area contributed by atoms with Crippen LogP contribution in [0.1, 0.15) is 24.9 Å². The molecule has 0 aliphatic rings. The third-order valence-corrected chi connectivity index (χ3v) is 5.84. The van der Waals surface area contributed by atoms with Crippen molar-refractivity contribution >= 4 is 43.5 Å². The predicted octanol–water partition coefficient (Wildman–Crippen LogP) is 4.09. The number of hydrogen-bond donors (Lipinski definition) is 1. The second-order valence-electron chi connectivity index (χ2n) is 5.45. The normalized spacial score (nSPS) is 12.2. The lowest BCUT2D eigenvalue weighted by Gasteiger charge is -2.15. The van der Waals surface area contributed by atoms with Crippen molar-refractivity contribution < 1.29 is 4.79 Å². The number of carbonyl (C=O) groups excluding carboxylic acids is 1. The lowest BCUT2D eigenvalue weighted by Crippen LogP contribution is -2.34. The molecule has 0 radical (unpaired) electrons. The molecule has 1 atom stereocenters. The first kappa shape index (κ1) is 16.9. The minimum Gasteiger partial charge on any atom is -0.350 e. The summed E-state index contributed by atoms with van der Waals surface area (Å²) < 4.78 is 3.44. The number of halogens is 1. The molecule has 0 spiro atoms. The molecule has 6 heteroatoms. The van der Waals surface area contributed by atoms with E-state index in [0.29, 0.717) is 18.4 Å². The van der Waals surface area contributed by atoms with E-state index < -0.39 is 6.04 Å². The summed E-state index contributed by atoms with van der Waals surface area (Å²) in [6, 6.07) is 14.7. The van der Waals surface area contributed by atoms with Crippen LogP contribution in [0.15, 0.2) is 57.8 Å². The summed E-state index contributed by atoms with van der Waals surface area (Å²) in [5.74, 6) is -0.137. The maximum Gasteiger partial charge on any atom is 0.269 e. The molecule has 0 aliphatic heterocycles. The number of benzene rings is 2. The number of nitrogens with one attached hydrogen (secondary N) is 1. The molecule has 1 aromatic heterocycles. The Bertz CT molecular complexity index is 932. The van der Waals surface area contributed by atoms with Crippen LogP contribution in [-0.4, -0.2) is 9.86 Å². The first-order valence-electron chi connectivity index (χ1n) is 7.73. The van der Waals surface area contributed by atoms with Crippen molar-refractivity contribution in [2.45, 2.75) is 25.9 Å². The molecule has 1 amide bonds. The zero-order chi connectivity index (χ0) is 17.1. The van der Waals surface area contributed by atoms with Gasteiger partial charge in [0, 0.05) is 11.0 Å². The van der Waals surface area contributed by atoms with Gasteiger partial charge in [0.05, 0.1) is 10.1 Å². The Morgan fingerprint density at radius 1 is 1.21 bits per heavy atom. The Morgan fingerprint density at radius 3 is 2.62 bits per heavy atom. The van der Waals surface area contributed by atoms with Crippen LogP contribution in [0.3, 0.4) is 0 Å². The van der Waals surface area contributed by atoms with Gasteiger partial charge in [0.25, 0.3) is 5.56 Å². The minimum absolute atomic E-state index is 0.0986. The van der Waals surface area contributed by atoms with Crippen LogP contribution in [0.5, 0.6) is 0 Å². The van der Waals surface area contributed by atoms with Gasteiger partial charge in [-0.3, -0.25) is 13.5 Å². The highest BCUT2D eigenvalue weighted by molar-refractivity contribution is 9.10. The van der Waals surface area contributed by atoms with Crippen LogP contribution >= 0.6 is 27.5 Å². The molecule has 0 fully saturated rings. The van der Waals surface area contributed by atoms with E-state index in [4.69, 9.17) is 0 Å². The molecule has 4 nitrogen and oxygen atoms in total. The van der Waals surface area contributed by atoms with Gasteiger partial charge < -0.3 is 5.32 Å². The Kier molecular flexibility index (Phi) is 5.16. The largest absolute Gasteiger partial charge is 0.350 e. The number of amides is 1. The zero-order valence-corrected chi connectivity index (χ0v) is 15.6. The molecule has 1 heterocycles. The lowest BCUT2D eigenvalue weighted by molar-refractivity contribution is -0.124. The van der Waals surface area contributed by atoms with Gasteiger partial charge in [-0.05, 0) is 30.2 Å². The van der Waals surface area contributed by atoms with Gasteiger partial charge in [-0.15, -0.1) is 0 Å². The van der Waals surface area contributed by atoms with Crippen molar-refractivity contribution in [2.24, 2.45) is 0 Å². The standard InChI is InChI=1S/C18H17BrN2O2S/c1-2-15(17(22)20-11-12-7-3-5-9-14(12)19)21-18(23)13-8-4-6-10-16(13)24-21/h3-10,15H,2,11H2,1H3,(H,20,22). The van der Waals surface area contributed by atoms with Gasteiger partial charge in [0.2, 0.25) is 5.91 Å². The fraction of sp³-hybridized carbons (Fsp3) is 0.222. The van der Waals surface area contributed by atoms with Crippen molar-refractivity contribution in [3.8, 4) is 0 Å². The summed E-state index contributed by atoms with van der Waals surface area (Å²) >= 11 is 4.82. The van der Waals surface area contributed by atoms with E-state index in [2.05, 4.69) is 21.2 Å². The number of aromatic nitrogens is 1. The van der Waals surface area contributed by atoms with Gasteiger partial charge >= 0.3 is 0 Å². The molecule has 0 saturated heterocycles. The first-order chi connectivity index (χ1) is 11.6. The van der Waals surface area contributed by atoms with Crippen molar-refractivity contribution in [1.29, 1.82) is 0 Å². The van der Waals surface area contributed by atoms with Gasteiger partial charge in [0.15, 0.2) is 0 Å². The predicted molar refractivity (Wildman–Crippen MR) is 101 cm³/mol. The molecule has 3 aromatic rings. The Labute approximate surface area is 152 Å². The Morgan fingerprint density at radius 2 is 1.92 bits per heavy atom. The average Bonchev–Trinajstić information content (AvgIpc) is 2.92. The zero-order valence-electron chi connectivity index (χ0n) is 13.2. The fourth-order valence-electron chi connectivity index (χ4n) is 2.59. The molecular weight excluding hydrogens is 388 g/mol. The smallest absolute Gasteiger partial charge is 0.269 e. The van der Waals surface area contributed by atoms with Crippen LogP contribution in [0, 0.1) is 0 Å². The van der Waals surface area contributed by atoms with Gasteiger partial charge in [-0.25, -0.2) is 0 Å². The first-order valence-corrected chi connectivity index (χ1v) is 9.30. The van der Waals surface area contributed by atoms with Gasteiger partial charge in [0.1, 0.15) is 6.04 Å². The lowest BCUT2D eigenvalue weighted by atomic mass is 10.2.